The Morgan fingerprint density at radius 2 is 2.07 bits per heavy atom. The summed E-state index contributed by atoms with van der Waals surface area (Å²) in [5, 5.41) is 16.9. The van der Waals surface area contributed by atoms with Gasteiger partial charge < -0.3 is 15.7 Å². The molecule has 5 nitrogen and oxygen atoms in total. The van der Waals surface area contributed by atoms with Crippen LogP contribution in [0.3, 0.4) is 0 Å². The van der Waals surface area contributed by atoms with Crippen molar-refractivity contribution in [1.29, 1.82) is 0 Å². The predicted molar refractivity (Wildman–Crippen MR) is 56.0 cm³/mol. The van der Waals surface area contributed by atoms with E-state index < -0.39 is 0 Å². The van der Waals surface area contributed by atoms with Crippen molar-refractivity contribution < 1.29 is 5.11 Å². The Labute approximate surface area is 83.6 Å². The monoisotopic (exact) mass is 196 g/mol. The van der Waals surface area contributed by atoms with E-state index in [4.69, 9.17) is 10.8 Å². The highest BCUT2D eigenvalue weighted by atomic mass is 16.3. The van der Waals surface area contributed by atoms with E-state index in [1.54, 1.807) is 12.1 Å². The van der Waals surface area contributed by atoms with Crippen LogP contribution in [0.5, 0.6) is 0 Å². The van der Waals surface area contributed by atoms with Gasteiger partial charge in [0.2, 0.25) is 0 Å². The molecule has 0 aliphatic rings. The maximum atomic E-state index is 9.17. The van der Waals surface area contributed by atoms with Gasteiger partial charge in [0.25, 0.3) is 0 Å². The first-order chi connectivity index (χ1) is 6.47. The van der Waals surface area contributed by atoms with Crippen molar-refractivity contribution in [2.75, 3.05) is 24.3 Å². The van der Waals surface area contributed by atoms with Crippen molar-refractivity contribution in [1.82, 2.24) is 10.2 Å². The molecule has 0 aliphatic heterocycles. The van der Waals surface area contributed by atoms with E-state index in [2.05, 4.69) is 10.2 Å². The smallest absolute Gasteiger partial charge is 0.151 e. The molecule has 0 amide bonds. The molecular weight excluding hydrogens is 180 g/mol. The lowest BCUT2D eigenvalue weighted by atomic mass is 10.1. The van der Waals surface area contributed by atoms with Crippen LogP contribution in [0.15, 0.2) is 12.1 Å². The maximum absolute atomic E-state index is 9.17. The number of hydrogen-bond donors (Lipinski definition) is 2. The lowest BCUT2D eigenvalue weighted by Crippen LogP contribution is -2.44. The lowest BCUT2D eigenvalue weighted by molar-refractivity contribution is 0.215. The minimum atomic E-state index is -0.356. The number of nitrogens with zero attached hydrogens (tertiary/aromatic N) is 3. The van der Waals surface area contributed by atoms with Gasteiger partial charge in [0.05, 0.1) is 12.1 Å². The zero-order valence-corrected chi connectivity index (χ0v) is 8.73. The summed E-state index contributed by atoms with van der Waals surface area (Å²) in [6.07, 6.45) is 0. The second-order valence-electron chi connectivity index (χ2n) is 3.85. The Hall–Kier alpha value is -1.36. The third-order valence-corrected chi connectivity index (χ3v) is 2.31. The largest absolute Gasteiger partial charge is 0.394 e. The van der Waals surface area contributed by atoms with Crippen molar-refractivity contribution in [3.05, 3.63) is 12.1 Å². The Bertz CT molecular complexity index is 296. The number of likely N-dealkylation sites (N-methyl/N-ethyl adjacent to an activating group) is 1. The van der Waals surface area contributed by atoms with E-state index >= 15 is 0 Å². The van der Waals surface area contributed by atoms with Crippen LogP contribution >= 0.6 is 0 Å². The molecule has 78 valence electrons. The van der Waals surface area contributed by atoms with Crippen molar-refractivity contribution >= 4 is 11.6 Å². The van der Waals surface area contributed by atoms with E-state index in [1.165, 1.54) is 0 Å². The molecule has 0 radical (unpaired) electrons. The summed E-state index contributed by atoms with van der Waals surface area (Å²) in [4.78, 5) is 1.86. The van der Waals surface area contributed by atoms with Crippen LogP contribution in [0.25, 0.3) is 0 Å². The van der Waals surface area contributed by atoms with Crippen LogP contribution in [0.1, 0.15) is 13.8 Å². The SMILES string of the molecule is CN(c1ccc(N)nn1)C(C)(C)CO. The van der Waals surface area contributed by atoms with Crippen LogP contribution in [0.2, 0.25) is 0 Å². The number of rotatable bonds is 3. The number of aliphatic hydroxyl groups excluding tert-OH is 1. The quantitative estimate of drug-likeness (QED) is 0.725. The third-order valence-electron chi connectivity index (χ3n) is 2.31. The Morgan fingerprint density at radius 1 is 1.43 bits per heavy atom. The summed E-state index contributed by atoms with van der Waals surface area (Å²) < 4.78 is 0. The zero-order chi connectivity index (χ0) is 10.8. The molecule has 3 N–H and O–H groups in total. The molecule has 0 bridgehead atoms. The summed E-state index contributed by atoms with van der Waals surface area (Å²) in [7, 11) is 1.86. The van der Waals surface area contributed by atoms with Crippen molar-refractivity contribution in [3.63, 3.8) is 0 Å². The van der Waals surface area contributed by atoms with Gasteiger partial charge in [0.15, 0.2) is 5.82 Å². The molecule has 0 aliphatic carbocycles. The highest BCUT2D eigenvalue weighted by Crippen LogP contribution is 2.18. The van der Waals surface area contributed by atoms with Gasteiger partial charge in [-0.15, -0.1) is 10.2 Å². The van der Waals surface area contributed by atoms with Crippen LogP contribution in [-0.4, -0.2) is 34.5 Å². The van der Waals surface area contributed by atoms with E-state index in [1.807, 2.05) is 25.8 Å². The van der Waals surface area contributed by atoms with Gasteiger partial charge >= 0.3 is 0 Å². The molecule has 1 heterocycles. The number of anilines is 2. The van der Waals surface area contributed by atoms with E-state index in [0.717, 1.165) is 0 Å². The average molecular weight is 196 g/mol. The van der Waals surface area contributed by atoms with Crippen molar-refractivity contribution in [2.45, 2.75) is 19.4 Å². The zero-order valence-electron chi connectivity index (χ0n) is 8.73. The highest BCUT2D eigenvalue weighted by Gasteiger charge is 2.23. The molecule has 0 saturated heterocycles. The maximum Gasteiger partial charge on any atom is 0.151 e. The second kappa shape index (κ2) is 3.79. The first-order valence-electron chi connectivity index (χ1n) is 4.41. The Balaban J connectivity index is 2.89. The molecule has 1 aromatic heterocycles. The van der Waals surface area contributed by atoms with Crippen molar-refractivity contribution in [2.24, 2.45) is 0 Å². The summed E-state index contributed by atoms with van der Waals surface area (Å²) in [6, 6.07) is 3.46. The molecular formula is C9H16N4O. The van der Waals surface area contributed by atoms with Crippen LogP contribution in [-0.2, 0) is 0 Å². The number of hydrogen-bond acceptors (Lipinski definition) is 5. The molecule has 0 unspecified atom stereocenters. The van der Waals surface area contributed by atoms with Crippen LogP contribution < -0.4 is 10.6 Å². The van der Waals surface area contributed by atoms with Gasteiger partial charge in [-0.05, 0) is 26.0 Å². The molecule has 0 saturated carbocycles. The molecule has 1 aromatic rings. The highest BCUT2D eigenvalue weighted by molar-refractivity contribution is 5.42. The normalized spacial score (nSPS) is 11.4. The van der Waals surface area contributed by atoms with E-state index in [-0.39, 0.29) is 12.1 Å². The van der Waals surface area contributed by atoms with Crippen molar-refractivity contribution in [3.8, 4) is 0 Å². The molecule has 0 fully saturated rings. The first-order valence-corrected chi connectivity index (χ1v) is 4.41. The van der Waals surface area contributed by atoms with Gasteiger partial charge in [-0.2, -0.15) is 0 Å². The van der Waals surface area contributed by atoms with Crippen LogP contribution in [0, 0.1) is 0 Å². The fourth-order valence-corrected chi connectivity index (χ4v) is 0.931. The topological polar surface area (TPSA) is 75.3 Å². The second-order valence-corrected chi connectivity index (χ2v) is 3.85. The summed E-state index contributed by atoms with van der Waals surface area (Å²) in [5.41, 5.74) is 5.07. The fraction of sp³-hybridized carbons (Fsp3) is 0.556. The average Bonchev–Trinajstić information content (AvgIpc) is 2.18. The lowest BCUT2D eigenvalue weighted by Gasteiger charge is -2.34. The van der Waals surface area contributed by atoms with Gasteiger partial charge in [-0.1, -0.05) is 0 Å². The minimum Gasteiger partial charge on any atom is -0.394 e. The summed E-state index contributed by atoms with van der Waals surface area (Å²) in [5.74, 6) is 1.09. The van der Waals surface area contributed by atoms with Gasteiger partial charge in [-0.3, -0.25) is 0 Å². The fourth-order valence-electron chi connectivity index (χ4n) is 0.931. The standard InChI is InChI=1S/C9H16N4O/c1-9(2,6-14)13(3)8-5-4-7(10)11-12-8/h4-5,14H,6H2,1-3H3,(H2,10,11). The molecule has 0 spiro atoms. The van der Waals surface area contributed by atoms with Gasteiger partial charge in [-0.25, -0.2) is 0 Å². The van der Waals surface area contributed by atoms with E-state index in [0.29, 0.717) is 11.6 Å². The Morgan fingerprint density at radius 3 is 2.50 bits per heavy atom. The van der Waals surface area contributed by atoms with Gasteiger partial charge in [0.1, 0.15) is 5.82 Å². The number of nitrogen functional groups attached to an aromatic ring is 1. The number of nitrogens with two attached hydrogens (primary N) is 1. The minimum absolute atomic E-state index is 0.0511. The summed E-state index contributed by atoms with van der Waals surface area (Å²) in [6.45, 7) is 3.89. The van der Waals surface area contributed by atoms with Crippen LogP contribution in [0.4, 0.5) is 11.6 Å². The number of aromatic nitrogens is 2. The third kappa shape index (κ3) is 2.11. The first kappa shape index (κ1) is 10.7. The predicted octanol–water partition coefficient (Wildman–Crippen LogP) is 0.266. The summed E-state index contributed by atoms with van der Waals surface area (Å²) >= 11 is 0. The number of aliphatic hydroxyl groups is 1. The molecule has 14 heavy (non-hydrogen) atoms. The van der Waals surface area contributed by atoms with Gasteiger partial charge in [0, 0.05) is 7.05 Å². The molecule has 1 rings (SSSR count). The van der Waals surface area contributed by atoms with E-state index in [9.17, 15) is 0 Å². The molecule has 0 aromatic carbocycles. The molecule has 5 heteroatoms. The molecule has 0 atom stereocenters. The Kier molecular flexibility index (Phi) is 2.90.